The fraction of sp³-hybridized carbons (Fsp3) is 1.00. The van der Waals surface area contributed by atoms with Crippen LogP contribution >= 0.6 is 7.60 Å². The molecule has 0 unspecified atom stereocenters. The number of alkyl halides is 3. The van der Waals surface area contributed by atoms with E-state index >= 15 is 0 Å². The van der Waals surface area contributed by atoms with Crippen LogP contribution in [0.25, 0.3) is 0 Å². The van der Waals surface area contributed by atoms with Crippen molar-refractivity contribution in [2.24, 2.45) is 0 Å². The summed E-state index contributed by atoms with van der Waals surface area (Å²) < 4.78 is 45.5. The summed E-state index contributed by atoms with van der Waals surface area (Å²) in [6.45, 7) is 0. The molecule has 0 radical (unpaired) electrons. The maximum atomic E-state index is 11.7. The molecule has 0 amide bonds. The number of hydrogen-bond donors (Lipinski definition) is 2. The Bertz CT molecular complexity index is 212. The average Bonchev–Trinajstić information content (AvgIpc) is 1.98. The van der Waals surface area contributed by atoms with E-state index in [-0.39, 0.29) is 12.6 Å². The van der Waals surface area contributed by atoms with E-state index < -0.39 is 20.2 Å². The molecule has 7 heteroatoms. The van der Waals surface area contributed by atoms with Gasteiger partial charge in [0.2, 0.25) is 0 Å². The lowest BCUT2D eigenvalue weighted by Crippen LogP contribution is -2.06. The summed E-state index contributed by atoms with van der Waals surface area (Å²) >= 11 is 0. The van der Waals surface area contributed by atoms with Crippen LogP contribution in [-0.4, -0.2) is 22.1 Å². The van der Waals surface area contributed by atoms with Gasteiger partial charge >= 0.3 is 13.8 Å². The monoisotopic (exact) mass is 248 g/mol. The highest BCUT2D eigenvalue weighted by molar-refractivity contribution is 7.51. The van der Waals surface area contributed by atoms with Gasteiger partial charge in [-0.3, -0.25) is 4.57 Å². The van der Waals surface area contributed by atoms with Gasteiger partial charge in [-0.25, -0.2) is 0 Å². The highest BCUT2D eigenvalue weighted by Gasteiger charge is 2.25. The van der Waals surface area contributed by atoms with Crippen LogP contribution in [0.2, 0.25) is 0 Å². The molecule has 0 aromatic carbocycles. The van der Waals surface area contributed by atoms with Gasteiger partial charge in [-0.1, -0.05) is 19.3 Å². The summed E-state index contributed by atoms with van der Waals surface area (Å²) in [7, 11) is -3.93. The summed E-state index contributed by atoms with van der Waals surface area (Å²) in [5, 5.41) is 0. The second-order valence-electron chi connectivity index (χ2n) is 3.52. The second kappa shape index (κ2) is 6.51. The predicted octanol–water partition coefficient (Wildman–Crippen LogP) is 3.07. The zero-order valence-corrected chi connectivity index (χ0v) is 9.23. The molecule has 0 aliphatic carbocycles. The molecule has 15 heavy (non-hydrogen) atoms. The molecule has 0 fully saturated rings. The third-order valence-electron chi connectivity index (χ3n) is 1.91. The van der Waals surface area contributed by atoms with E-state index in [1.54, 1.807) is 0 Å². The zero-order valence-electron chi connectivity index (χ0n) is 8.33. The Morgan fingerprint density at radius 3 is 1.87 bits per heavy atom. The minimum absolute atomic E-state index is 0.0966. The Morgan fingerprint density at radius 1 is 0.933 bits per heavy atom. The number of rotatable bonds is 7. The van der Waals surface area contributed by atoms with E-state index in [0.717, 1.165) is 0 Å². The SMILES string of the molecule is O=P(O)(O)CCCCCCCC(F)(F)F. The molecular weight excluding hydrogens is 232 g/mol. The Balaban J connectivity index is 3.23. The van der Waals surface area contributed by atoms with Crippen molar-refractivity contribution in [2.45, 2.75) is 44.7 Å². The smallest absolute Gasteiger partial charge is 0.324 e. The minimum atomic E-state index is -4.09. The van der Waals surface area contributed by atoms with E-state index in [9.17, 15) is 17.7 Å². The van der Waals surface area contributed by atoms with Crippen molar-refractivity contribution >= 4 is 7.60 Å². The summed E-state index contributed by atoms with van der Waals surface area (Å²) in [5.74, 6) is 0. The third-order valence-corrected chi connectivity index (χ3v) is 2.81. The molecule has 0 spiro atoms. The van der Waals surface area contributed by atoms with Crippen molar-refractivity contribution in [3.63, 3.8) is 0 Å². The van der Waals surface area contributed by atoms with Gasteiger partial charge in [-0.2, -0.15) is 13.2 Å². The van der Waals surface area contributed by atoms with Crippen LogP contribution in [0.4, 0.5) is 13.2 Å². The first-order valence-electron chi connectivity index (χ1n) is 4.82. The molecule has 0 aliphatic rings. The molecule has 0 rings (SSSR count). The van der Waals surface area contributed by atoms with Crippen molar-refractivity contribution in [3.8, 4) is 0 Å². The molecule has 3 nitrogen and oxygen atoms in total. The zero-order chi connectivity index (χ0) is 11.9. The normalized spacial score (nSPS) is 13.1. The van der Waals surface area contributed by atoms with Gasteiger partial charge in [0.05, 0.1) is 0 Å². The van der Waals surface area contributed by atoms with E-state index in [1.807, 2.05) is 0 Å². The van der Waals surface area contributed by atoms with Crippen molar-refractivity contribution < 1.29 is 27.5 Å². The van der Waals surface area contributed by atoms with Gasteiger partial charge in [0.25, 0.3) is 0 Å². The van der Waals surface area contributed by atoms with Crippen LogP contribution in [0, 0.1) is 0 Å². The molecule has 0 heterocycles. The Kier molecular flexibility index (Phi) is 6.48. The number of hydrogen-bond acceptors (Lipinski definition) is 1. The molecule has 0 atom stereocenters. The largest absolute Gasteiger partial charge is 0.389 e. The maximum Gasteiger partial charge on any atom is 0.389 e. The second-order valence-corrected chi connectivity index (χ2v) is 5.30. The minimum Gasteiger partial charge on any atom is -0.324 e. The van der Waals surface area contributed by atoms with Gasteiger partial charge in [0.1, 0.15) is 0 Å². The van der Waals surface area contributed by atoms with Gasteiger partial charge in [0.15, 0.2) is 0 Å². The van der Waals surface area contributed by atoms with Crippen LogP contribution in [-0.2, 0) is 4.57 Å². The Labute approximate surface area is 86.8 Å². The van der Waals surface area contributed by atoms with Crippen LogP contribution in [0.3, 0.4) is 0 Å². The van der Waals surface area contributed by atoms with E-state index in [4.69, 9.17) is 9.79 Å². The van der Waals surface area contributed by atoms with E-state index in [0.29, 0.717) is 25.7 Å². The molecule has 0 saturated carbocycles. The highest BCUT2D eigenvalue weighted by atomic mass is 31.2. The molecule has 0 aromatic heterocycles. The molecule has 0 aliphatic heterocycles. The molecule has 0 bridgehead atoms. The number of halogens is 3. The summed E-state index contributed by atoms with van der Waals surface area (Å²) in [5.41, 5.74) is 0. The summed E-state index contributed by atoms with van der Waals surface area (Å²) in [6.07, 6.45) is -2.95. The molecular formula is C8H16F3O3P. The lowest BCUT2D eigenvalue weighted by Gasteiger charge is -2.06. The predicted molar refractivity (Wildman–Crippen MR) is 50.7 cm³/mol. The molecule has 0 aromatic rings. The molecule has 0 saturated heterocycles. The fourth-order valence-corrected chi connectivity index (χ4v) is 1.81. The van der Waals surface area contributed by atoms with E-state index in [2.05, 4.69) is 0 Å². The van der Waals surface area contributed by atoms with Gasteiger partial charge in [-0.15, -0.1) is 0 Å². The van der Waals surface area contributed by atoms with Gasteiger partial charge in [-0.05, 0) is 12.8 Å². The fourth-order valence-electron chi connectivity index (χ4n) is 1.17. The molecule has 2 N–H and O–H groups in total. The van der Waals surface area contributed by atoms with Crippen molar-refractivity contribution in [2.75, 3.05) is 6.16 Å². The highest BCUT2D eigenvalue weighted by Crippen LogP contribution is 2.35. The van der Waals surface area contributed by atoms with Crippen molar-refractivity contribution in [3.05, 3.63) is 0 Å². The van der Waals surface area contributed by atoms with Gasteiger partial charge in [0, 0.05) is 12.6 Å². The number of unbranched alkanes of at least 4 members (excludes halogenated alkanes) is 4. The Morgan fingerprint density at radius 2 is 1.40 bits per heavy atom. The third kappa shape index (κ3) is 13.9. The summed E-state index contributed by atoms with van der Waals surface area (Å²) in [6, 6.07) is 0. The summed E-state index contributed by atoms with van der Waals surface area (Å²) in [4.78, 5) is 17.0. The van der Waals surface area contributed by atoms with Crippen LogP contribution in [0.15, 0.2) is 0 Å². The Hall–Kier alpha value is -0.0600. The van der Waals surface area contributed by atoms with Crippen LogP contribution < -0.4 is 0 Å². The van der Waals surface area contributed by atoms with Crippen molar-refractivity contribution in [1.82, 2.24) is 0 Å². The quantitative estimate of drug-likeness (QED) is 0.537. The lowest BCUT2D eigenvalue weighted by atomic mass is 10.1. The first-order chi connectivity index (χ1) is 6.71. The van der Waals surface area contributed by atoms with Crippen molar-refractivity contribution in [1.29, 1.82) is 0 Å². The van der Waals surface area contributed by atoms with Crippen LogP contribution in [0.5, 0.6) is 0 Å². The van der Waals surface area contributed by atoms with Crippen LogP contribution in [0.1, 0.15) is 38.5 Å². The molecule has 92 valence electrons. The van der Waals surface area contributed by atoms with E-state index in [1.165, 1.54) is 0 Å². The first kappa shape index (κ1) is 14.9. The maximum absolute atomic E-state index is 11.7. The van der Waals surface area contributed by atoms with Gasteiger partial charge < -0.3 is 9.79 Å². The lowest BCUT2D eigenvalue weighted by molar-refractivity contribution is -0.135. The average molecular weight is 248 g/mol. The topological polar surface area (TPSA) is 57.5 Å². The first-order valence-corrected chi connectivity index (χ1v) is 6.62. The standard InChI is InChI=1S/C8H16F3O3P/c9-8(10,11)6-4-2-1-3-5-7-15(12,13)14/h1-7H2,(H2,12,13,14).